The van der Waals surface area contributed by atoms with Crippen LogP contribution in [-0.2, 0) is 14.4 Å². The van der Waals surface area contributed by atoms with Gasteiger partial charge in [0.2, 0.25) is 11.9 Å². The van der Waals surface area contributed by atoms with Crippen LogP contribution in [0.15, 0.2) is 30.5 Å². The highest BCUT2D eigenvalue weighted by Gasteiger charge is 2.26. The number of aromatic nitrogens is 3. The summed E-state index contributed by atoms with van der Waals surface area (Å²) in [7, 11) is 0. The Labute approximate surface area is 187 Å². The van der Waals surface area contributed by atoms with E-state index in [2.05, 4.69) is 49.5 Å². The van der Waals surface area contributed by atoms with E-state index in [1.54, 1.807) is 18.0 Å². The van der Waals surface area contributed by atoms with E-state index < -0.39 is 0 Å². The van der Waals surface area contributed by atoms with Crippen LogP contribution in [0.4, 0.5) is 5.95 Å². The molecule has 2 aromatic rings. The van der Waals surface area contributed by atoms with Crippen LogP contribution in [0, 0.1) is 6.92 Å². The Morgan fingerprint density at radius 1 is 1.12 bits per heavy atom. The molecule has 32 heavy (non-hydrogen) atoms. The third-order valence-electron chi connectivity index (χ3n) is 5.85. The molecule has 0 radical (unpaired) electrons. The smallest absolute Gasteiger partial charge is 0.257 e. The number of hydrogen-bond acceptors (Lipinski definition) is 8. The molecule has 1 aromatic heterocycles. The molecule has 2 saturated heterocycles. The van der Waals surface area contributed by atoms with Gasteiger partial charge >= 0.3 is 0 Å². The molecule has 3 heterocycles. The van der Waals surface area contributed by atoms with Gasteiger partial charge in [-0.2, -0.15) is 5.10 Å². The number of nitrogens with zero attached hydrogens (tertiary/aromatic N) is 6. The van der Waals surface area contributed by atoms with Crippen molar-refractivity contribution in [2.75, 3.05) is 50.7 Å². The first-order valence-corrected chi connectivity index (χ1v) is 10.9. The topological polar surface area (TPSA) is 104 Å². The van der Waals surface area contributed by atoms with Gasteiger partial charge < -0.3 is 9.80 Å². The Bertz CT molecular complexity index is 945. The second-order valence-corrected chi connectivity index (χ2v) is 8.29. The maximum Gasteiger partial charge on any atom is 0.257 e. The molecule has 0 spiro atoms. The fraction of sp³-hybridized carbons (Fsp3) is 0.500. The average Bonchev–Trinajstić information content (AvgIpc) is 3.28. The first-order valence-electron chi connectivity index (χ1n) is 10.9. The fourth-order valence-corrected chi connectivity index (χ4v) is 3.89. The van der Waals surface area contributed by atoms with Gasteiger partial charge in [-0.3, -0.25) is 19.3 Å². The number of anilines is 1. The summed E-state index contributed by atoms with van der Waals surface area (Å²) < 4.78 is 0. The molecule has 0 saturated carbocycles. The van der Waals surface area contributed by atoms with Gasteiger partial charge in [-0.05, 0) is 13.3 Å². The molecular formula is C22H29N7O3. The zero-order chi connectivity index (χ0) is 22.5. The second kappa shape index (κ2) is 10.0. The minimum absolute atomic E-state index is 0.0314. The van der Waals surface area contributed by atoms with Gasteiger partial charge in [0.1, 0.15) is 6.10 Å². The summed E-state index contributed by atoms with van der Waals surface area (Å²) in [6, 6.07) is 8.17. The van der Waals surface area contributed by atoms with E-state index in [1.165, 1.54) is 5.56 Å². The van der Waals surface area contributed by atoms with Gasteiger partial charge in [0.25, 0.3) is 5.91 Å². The summed E-state index contributed by atoms with van der Waals surface area (Å²) in [6.07, 6.45) is 2.26. The molecule has 2 fully saturated rings. The van der Waals surface area contributed by atoms with Crippen LogP contribution in [-0.4, -0.2) is 88.7 Å². The quantitative estimate of drug-likeness (QED) is 0.654. The van der Waals surface area contributed by atoms with Crippen LogP contribution in [0.1, 0.15) is 18.9 Å². The number of rotatable bonds is 6. The molecule has 10 nitrogen and oxygen atoms in total. The predicted molar refractivity (Wildman–Crippen MR) is 119 cm³/mol. The molecule has 1 atom stereocenters. The molecule has 1 N–H and O–H groups in total. The van der Waals surface area contributed by atoms with Gasteiger partial charge in [-0.15, -0.1) is 5.10 Å². The molecule has 0 bridgehead atoms. The minimum atomic E-state index is -0.181. The van der Waals surface area contributed by atoms with E-state index in [1.807, 2.05) is 12.1 Å². The number of amides is 2. The Morgan fingerprint density at radius 3 is 2.56 bits per heavy atom. The summed E-state index contributed by atoms with van der Waals surface area (Å²) in [4.78, 5) is 39.7. The first kappa shape index (κ1) is 22.1. The number of nitrogens with one attached hydrogen (secondary N) is 1. The molecule has 2 aliphatic heterocycles. The highest BCUT2D eigenvalue weighted by molar-refractivity contribution is 5.77. The summed E-state index contributed by atoms with van der Waals surface area (Å²) in [6.45, 7) is 7.90. The molecule has 2 aliphatic rings. The van der Waals surface area contributed by atoms with Gasteiger partial charge in [-0.1, -0.05) is 29.8 Å². The molecule has 1 aromatic carbocycles. The van der Waals surface area contributed by atoms with E-state index in [4.69, 9.17) is 4.84 Å². The van der Waals surface area contributed by atoms with Gasteiger partial charge in [0, 0.05) is 51.8 Å². The highest BCUT2D eigenvalue weighted by atomic mass is 16.7. The van der Waals surface area contributed by atoms with Gasteiger partial charge in [-0.25, -0.2) is 10.5 Å². The van der Waals surface area contributed by atoms with E-state index in [0.29, 0.717) is 45.2 Å². The number of likely N-dealkylation sites (tertiary alicyclic amines) is 1. The van der Waals surface area contributed by atoms with Crippen LogP contribution in [0.2, 0.25) is 0 Å². The zero-order valence-corrected chi connectivity index (χ0v) is 18.5. The first-order chi connectivity index (χ1) is 15.5. The minimum Gasteiger partial charge on any atom is -0.340 e. The molecule has 0 aliphatic carbocycles. The van der Waals surface area contributed by atoms with Crippen molar-refractivity contribution in [3.8, 4) is 11.3 Å². The summed E-state index contributed by atoms with van der Waals surface area (Å²) in [5, 5.41) is 8.33. The number of piperazine rings is 1. The summed E-state index contributed by atoms with van der Waals surface area (Å²) in [5.41, 5.74) is 5.54. The zero-order valence-electron chi connectivity index (χ0n) is 18.5. The van der Waals surface area contributed by atoms with Crippen molar-refractivity contribution < 1.29 is 14.4 Å². The van der Waals surface area contributed by atoms with Crippen molar-refractivity contribution in [2.45, 2.75) is 26.4 Å². The maximum absolute atomic E-state index is 12.3. The second-order valence-electron chi connectivity index (χ2n) is 8.29. The third kappa shape index (κ3) is 5.57. The number of aryl methyl sites for hydroxylation is 1. The Morgan fingerprint density at radius 2 is 1.88 bits per heavy atom. The lowest BCUT2D eigenvalue weighted by Gasteiger charge is -2.34. The number of carbonyl (C=O) groups excluding carboxylic acids is 2. The molecule has 0 unspecified atom stereocenters. The SMILES string of the molecule is CC(=O)N1CC[C@H](ONC(=O)CN2CCN(c3nncc(-c4ccc(C)cc4)n3)CC2)C1. The third-order valence-corrected chi connectivity index (χ3v) is 5.85. The van der Waals surface area contributed by atoms with Crippen LogP contribution in [0.3, 0.4) is 0 Å². The maximum atomic E-state index is 12.3. The summed E-state index contributed by atoms with van der Waals surface area (Å²) >= 11 is 0. The Kier molecular flexibility index (Phi) is 6.91. The molecule has 2 amide bonds. The monoisotopic (exact) mass is 439 g/mol. The van der Waals surface area contributed by atoms with E-state index in [-0.39, 0.29) is 24.5 Å². The number of benzene rings is 1. The Balaban J connectivity index is 1.23. The molecule has 170 valence electrons. The normalized spacial score (nSPS) is 19.2. The van der Waals surface area contributed by atoms with Crippen LogP contribution in [0.5, 0.6) is 0 Å². The average molecular weight is 440 g/mol. The van der Waals surface area contributed by atoms with Gasteiger partial charge in [0.05, 0.1) is 18.4 Å². The van der Waals surface area contributed by atoms with E-state index >= 15 is 0 Å². The van der Waals surface area contributed by atoms with Crippen LogP contribution in [0.25, 0.3) is 11.3 Å². The number of hydrogen-bond donors (Lipinski definition) is 1. The standard InChI is InChI=1S/C22H29N7O3/c1-16-3-5-18(6-4-16)20-13-23-25-22(24-20)28-11-9-27(10-12-28)15-21(31)26-32-19-7-8-29(14-19)17(2)30/h3-6,13,19H,7-12,14-15H2,1-2H3,(H,26,31)/t19-/m0/s1. The van der Waals surface area contributed by atoms with Crippen molar-refractivity contribution in [3.05, 3.63) is 36.0 Å². The van der Waals surface area contributed by atoms with Crippen molar-refractivity contribution in [2.24, 2.45) is 0 Å². The van der Waals surface area contributed by atoms with Gasteiger partial charge in [0.15, 0.2) is 0 Å². The van der Waals surface area contributed by atoms with Crippen LogP contribution >= 0.6 is 0 Å². The molecular weight excluding hydrogens is 410 g/mol. The van der Waals surface area contributed by atoms with Crippen molar-refractivity contribution in [1.82, 2.24) is 30.5 Å². The van der Waals surface area contributed by atoms with Crippen molar-refractivity contribution in [1.29, 1.82) is 0 Å². The molecule has 10 heteroatoms. The van der Waals surface area contributed by atoms with E-state index in [0.717, 1.165) is 17.7 Å². The fourth-order valence-electron chi connectivity index (χ4n) is 3.89. The predicted octanol–water partition coefficient (Wildman–Crippen LogP) is 0.638. The molecule has 4 rings (SSSR count). The number of carbonyl (C=O) groups is 2. The lowest BCUT2D eigenvalue weighted by molar-refractivity contribution is -0.139. The Hall–Kier alpha value is -3.11. The highest BCUT2D eigenvalue weighted by Crippen LogP contribution is 2.19. The summed E-state index contributed by atoms with van der Waals surface area (Å²) in [5.74, 6) is 0.453. The lowest BCUT2D eigenvalue weighted by Crippen LogP contribution is -2.50. The lowest BCUT2D eigenvalue weighted by atomic mass is 10.1. The number of hydroxylamine groups is 1. The van der Waals surface area contributed by atoms with Crippen molar-refractivity contribution in [3.63, 3.8) is 0 Å². The van der Waals surface area contributed by atoms with E-state index in [9.17, 15) is 9.59 Å². The largest absolute Gasteiger partial charge is 0.340 e. The van der Waals surface area contributed by atoms with Crippen LogP contribution < -0.4 is 10.4 Å². The van der Waals surface area contributed by atoms with Crippen molar-refractivity contribution >= 4 is 17.8 Å².